The predicted molar refractivity (Wildman–Crippen MR) is 82.4 cm³/mol. The second-order valence-corrected chi connectivity index (χ2v) is 6.00. The number of amides is 1. The molecule has 5 nitrogen and oxygen atoms in total. The Labute approximate surface area is 123 Å². The van der Waals surface area contributed by atoms with Crippen LogP contribution in [0.4, 0.5) is 0 Å². The van der Waals surface area contributed by atoms with E-state index in [2.05, 4.69) is 23.8 Å². The van der Waals surface area contributed by atoms with E-state index < -0.39 is 0 Å². The fourth-order valence-electron chi connectivity index (χ4n) is 3.13. The third-order valence-corrected chi connectivity index (χ3v) is 4.58. The number of carbonyl (C=O) groups excluding carboxylic acids is 1. The lowest BCUT2D eigenvalue weighted by Crippen LogP contribution is -2.45. The Bertz CT molecular complexity index is 716. The van der Waals surface area contributed by atoms with Crippen LogP contribution in [0.1, 0.15) is 43.5 Å². The third kappa shape index (κ3) is 2.60. The van der Waals surface area contributed by atoms with Crippen LogP contribution in [0.3, 0.4) is 0 Å². The summed E-state index contributed by atoms with van der Waals surface area (Å²) in [5.41, 5.74) is 1.81. The van der Waals surface area contributed by atoms with Crippen molar-refractivity contribution in [1.82, 2.24) is 14.9 Å². The summed E-state index contributed by atoms with van der Waals surface area (Å²) in [5, 5.41) is 0. The van der Waals surface area contributed by atoms with Crippen molar-refractivity contribution in [3.05, 3.63) is 34.2 Å². The van der Waals surface area contributed by atoms with Gasteiger partial charge in [0.15, 0.2) is 0 Å². The van der Waals surface area contributed by atoms with E-state index in [0.29, 0.717) is 17.0 Å². The molecule has 2 heterocycles. The lowest BCUT2D eigenvalue weighted by atomic mass is 9.91. The van der Waals surface area contributed by atoms with E-state index in [0.717, 1.165) is 24.9 Å². The molecule has 1 aliphatic rings. The molecule has 1 aromatic heterocycles. The number of benzene rings is 1. The summed E-state index contributed by atoms with van der Waals surface area (Å²) in [4.78, 5) is 31.4. The fourth-order valence-corrected chi connectivity index (χ4v) is 3.13. The number of carbonyl (C=O) groups is 1. The van der Waals surface area contributed by atoms with Gasteiger partial charge in [0.1, 0.15) is 0 Å². The first-order chi connectivity index (χ1) is 10.1. The number of hydrogen-bond donors (Lipinski definition) is 2. The van der Waals surface area contributed by atoms with E-state index >= 15 is 0 Å². The first-order valence-electron chi connectivity index (χ1n) is 7.61. The van der Waals surface area contributed by atoms with Crippen molar-refractivity contribution in [3.63, 3.8) is 0 Å². The molecule has 2 atom stereocenters. The Morgan fingerprint density at radius 1 is 1.29 bits per heavy atom. The van der Waals surface area contributed by atoms with Crippen molar-refractivity contribution in [1.29, 1.82) is 0 Å². The minimum absolute atomic E-state index is 0.0598. The van der Waals surface area contributed by atoms with Gasteiger partial charge in [-0.05, 0) is 43.9 Å². The molecule has 112 valence electrons. The number of imidazole rings is 1. The van der Waals surface area contributed by atoms with Gasteiger partial charge in [0.2, 0.25) is 0 Å². The average Bonchev–Trinajstić information content (AvgIpc) is 2.86. The highest BCUT2D eigenvalue weighted by atomic mass is 16.2. The highest BCUT2D eigenvalue weighted by molar-refractivity contribution is 5.97. The number of nitrogens with zero attached hydrogens (tertiary/aromatic N) is 1. The standard InChI is InChI=1S/C16H21N3O2/c1-3-11-5-4-10(2)19(9-11)15(20)12-6-7-13-14(8-12)18-16(21)17-13/h6-8,10-11H,3-5,9H2,1-2H3,(H2,17,18,21)/t10-,11+/m1/s1. The summed E-state index contributed by atoms with van der Waals surface area (Å²) in [6.07, 6.45) is 3.37. The average molecular weight is 287 g/mol. The molecule has 2 aromatic rings. The zero-order valence-corrected chi connectivity index (χ0v) is 12.5. The Kier molecular flexibility index (Phi) is 3.57. The largest absolute Gasteiger partial charge is 0.336 e. The Morgan fingerprint density at radius 3 is 2.81 bits per heavy atom. The second-order valence-electron chi connectivity index (χ2n) is 6.00. The maximum Gasteiger partial charge on any atom is 0.323 e. The smallest absolute Gasteiger partial charge is 0.323 e. The molecule has 2 N–H and O–H groups in total. The SMILES string of the molecule is CC[C@H]1CC[C@@H](C)N(C(=O)c2ccc3[nH]c(=O)[nH]c3c2)C1. The molecule has 5 heteroatoms. The maximum atomic E-state index is 12.7. The molecule has 0 saturated carbocycles. The van der Waals surface area contributed by atoms with E-state index in [4.69, 9.17) is 0 Å². The number of hydrogen-bond acceptors (Lipinski definition) is 2. The van der Waals surface area contributed by atoms with Gasteiger partial charge in [-0.25, -0.2) is 4.79 Å². The fraction of sp³-hybridized carbons (Fsp3) is 0.500. The molecule has 0 spiro atoms. The Balaban J connectivity index is 1.89. The zero-order chi connectivity index (χ0) is 15.0. The van der Waals surface area contributed by atoms with E-state index in [9.17, 15) is 9.59 Å². The van der Waals surface area contributed by atoms with Crippen molar-refractivity contribution in [3.8, 4) is 0 Å². The normalized spacial score (nSPS) is 22.7. The first-order valence-corrected chi connectivity index (χ1v) is 7.61. The van der Waals surface area contributed by atoms with Crippen LogP contribution in [0.5, 0.6) is 0 Å². The van der Waals surface area contributed by atoms with Gasteiger partial charge in [-0.1, -0.05) is 13.3 Å². The highest BCUT2D eigenvalue weighted by Crippen LogP contribution is 2.26. The zero-order valence-electron chi connectivity index (χ0n) is 12.5. The minimum Gasteiger partial charge on any atom is -0.336 e. The molecule has 0 radical (unpaired) electrons. The van der Waals surface area contributed by atoms with Crippen LogP contribution >= 0.6 is 0 Å². The van der Waals surface area contributed by atoms with Crippen molar-refractivity contribution < 1.29 is 4.79 Å². The third-order valence-electron chi connectivity index (χ3n) is 4.58. The predicted octanol–water partition coefficient (Wildman–Crippen LogP) is 2.51. The van der Waals surface area contributed by atoms with E-state index in [-0.39, 0.29) is 17.6 Å². The summed E-state index contributed by atoms with van der Waals surface area (Å²) in [5.74, 6) is 0.658. The molecule has 3 rings (SSSR count). The molecule has 0 unspecified atom stereocenters. The summed E-state index contributed by atoms with van der Waals surface area (Å²) in [6.45, 7) is 5.12. The van der Waals surface area contributed by atoms with Crippen molar-refractivity contribution in [2.45, 2.75) is 39.2 Å². The monoisotopic (exact) mass is 287 g/mol. The summed E-state index contributed by atoms with van der Waals surface area (Å²) >= 11 is 0. The number of aromatic amines is 2. The van der Waals surface area contributed by atoms with Gasteiger partial charge in [0.05, 0.1) is 11.0 Å². The van der Waals surface area contributed by atoms with E-state index in [1.165, 1.54) is 6.42 Å². The summed E-state index contributed by atoms with van der Waals surface area (Å²) in [7, 11) is 0. The van der Waals surface area contributed by atoms with Gasteiger partial charge in [0.25, 0.3) is 5.91 Å². The lowest BCUT2D eigenvalue weighted by Gasteiger charge is -2.37. The maximum absolute atomic E-state index is 12.7. The Morgan fingerprint density at radius 2 is 2.05 bits per heavy atom. The van der Waals surface area contributed by atoms with Crippen LogP contribution in [-0.4, -0.2) is 33.4 Å². The molecule has 0 aliphatic carbocycles. The molecule has 21 heavy (non-hydrogen) atoms. The van der Waals surface area contributed by atoms with Crippen LogP contribution in [0, 0.1) is 5.92 Å². The number of piperidine rings is 1. The molecular formula is C16H21N3O2. The van der Waals surface area contributed by atoms with Crippen molar-refractivity contribution in [2.75, 3.05) is 6.54 Å². The van der Waals surface area contributed by atoms with Gasteiger partial charge in [-0.2, -0.15) is 0 Å². The number of aromatic nitrogens is 2. The van der Waals surface area contributed by atoms with Crippen molar-refractivity contribution >= 4 is 16.9 Å². The van der Waals surface area contributed by atoms with Crippen LogP contribution in [0.15, 0.2) is 23.0 Å². The van der Waals surface area contributed by atoms with Gasteiger partial charge < -0.3 is 14.9 Å². The second kappa shape index (κ2) is 5.39. The van der Waals surface area contributed by atoms with Crippen LogP contribution < -0.4 is 5.69 Å². The number of rotatable bonds is 2. The van der Waals surface area contributed by atoms with Crippen LogP contribution in [0.2, 0.25) is 0 Å². The molecular weight excluding hydrogens is 266 g/mol. The van der Waals surface area contributed by atoms with Crippen LogP contribution in [-0.2, 0) is 0 Å². The Hall–Kier alpha value is -2.04. The van der Waals surface area contributed by atoms with Gasteiger partial charge >= 0.3 is 5.69 Å². The molecule has 1 fully saturated rings. The van der Waals surface area contributed by atoms with Gasteiger partial charge in [-0.3, -0.25) is 4.79 Å². The number of fused-ring (bicyclic) bond motifs is 1. The van der Waals surface area contributed by atoms with E-state index in [1.54, 1.807) is 18.2 Å². The molecule has 1 amide bonds. The number of likely N-dealkylation sites (tertiary alicyclic amines) is 1. The van der Waals surface area contributed by atoms with Crippen molar-refractivity contribution in [2.24, 2.45) is 5.92 Å². The first kappa shape index (κ1) is 13.9. The number of H-pyrrole nitrogens is 2. The molecule has 1 saturated heterocycles. The summed E-state index contributed by atoms with van der Waals surface area (Å²) in [6, 6.07) is 5.61. The topological polar surface area (TPSA) is 69.0 Å². The van der Waals surface area contributed by atoms with Crippen LogP contribution in [0.25, 0.3) is 11.0 Å². The number of nitrogens with one attached hydrogen (secondary N) is 2. The highest BCUT2D eigenvalue weighted by Gasteiger charge is 2.28. The molecule has 0 bridgehead atoms. The summed E-state index contributed by atoms with van der Waals surface area (Å²) < 4.78 is 0. The quantitative estimate of drug-likeness (QED) is 0.891. The van der Waals surface area contributed by atoms with E-state index in [1.807, 2.05) is 4.90 Å². The lowest BCUT2D eigenvalue weighted by molar-refractivity contribution is 0.0557. The van der Waals surface area contributed by atoms with Gasteiger partial charge in [-0.15, -0.1) is 0 Å². The minimum atomic E-state index is -0.244. The van der Waals surface area contributed by atoms with Gasteiger partial charge in [0, 0.05) is 18.2 Å². The molecule has 1 aromatic carbocycles. The molecule has 1 aliphatic heterocycles.